The van der Waals surface area contributed by atoms with Crippen molar-refractivity contribution >= 4 is 23.7 Å². The fraction of sp³-hybridized carbons (Fsp3) is 0.545. The molecule has 0 saturated heterocycles. The van der Waals surface area contributed by atoms with Crippen molar-refractivity contribution in [3.63, 3.8) is 0 Å². The van der Waals surface area contributed by atoms with Crippen LogP contribution in [0.1, 0.15) is 27.7 Å². The third-order valence-electron chi connectivity index (χ3n) is 1.30. The smallest absolute Gasteiger partial charge is 0.346 e. The van der Waals surface area contributed by atoms with Gasteiger partial charge in [-0.15, -0.1) is 0 Å². The zero-order chi connectivity index (χ0) is 13.4. The van der Waals surface area contributed by atoms with Crippen LogP contribution in [0.15, 0.2) is 11.0 Å². The number of carbonyl (C=O) groups is 2. The van der Waals surface area contributed by atoms with Crippen LogP contribution in [-0.2, 0) is 19.1 Å². The van der Waals surface area contributed by atoms with Crippen molar-refractivity contribution in [1.29, 1.82) is 5.26 Å². The van der Waals surface area contributed by atoms with E-state index in [1.807, 2.05) is 0 Å². The number of hydrogen-bond donors (Lipinski definition) is 0. The zero-order valence-electron chi connectivity index (χ0n) is 10.2. The molecule has 0 saturated carbocycles. The van der Waals surface area contributed by atoms with Gasteiger partial charge in [0.05, 0.1) is 12.2 Å². The summed E-state index contributed by atoms with van der Waals surface area (Å²) in [4.78, 5) is 22.7. The lowest BCUT2D eigenvalue weighted by atomic mass is 10.4. The molecular formula is C11H15NO4S. The van der Waals surface area contributed by atoms with E-state index in [-0.39, 0.29) is 17.1 Å². The maximum absolute atomic E-state index is 11.5. The number of rotatable bonds is 5. The monoisotopic (exact) mass is 257 g/mol. The molecule has 0 heterocycles. The molecule has 0 unspecified atom stereocenters. The molecule has 0 N–H and O–H groups in total. The Morgan fingerprint density at radius 1 is 1.18 bits per heavy atom. The highest BCUT2D eigenvalue weighted by molar-refractivity contribution is 8.08. The Labute approximate surface area is 105 Å². The van der Waals surface area contributed by atoms with E-state index < -0.39 is 11.9 Å². The Kier molecular flexibility index (Phi) is 7.06. The second-order valence-corrected chi connectivity index (χ2v) is 4.47. The highest BCUT2D eigenvalue weighted by Crippen LogP contribution is 2.17. The minimum absolute atomic E-state index is 0.0770. The summed E-state index contributed by atoms with van der Waals surface area (Å²) in [6.45, 7) is 6.74. The van der Waals surface area contributed by atoms with Crippen LogP contribution in [0.5, 0.6) is 0 Å². The van der Waals surface area contributed by atoms with Crippen LogP contribution in [0.3, 0.4) is 0 Å². The second kappa shape index (κ2) is 7.74. The third kappa shape index (κ3) is 7.41. The highest BCUT2D eigenvalue weighted by Gasteiger charge is 2.16. The van der Waals surface area contributed by atoms with E-state index in [9.17, 15) is 9.59 Å². The number of carbonyl (C=O) groups excluding carboxylic acids is 2. The Morgan fingerprint density at radius 3 is 2.12 bits per heavy atom. The molecule has 0 aliphatic rings. The predicted octanol–water partition coefficient (Wildman–Crippen LogP) is 1.99. The molecule has 17 heavy (non-hydrogen) atoms. The van der Waals surface area contributed by atoms with Gasteiger partial charge in [-0.1, -0.05) is 0 Å². The van der Waals surface area contributed by atoms with E-state index >= 15 is 0 Å². The van der Waals surface area contributed by atoms with Crippen LogP contribution in [0, 0.1) is 10.7 Å². The van der Waals surface area contributed by atoms with Crippen molar-refractivity contribution in [2.24, 2.45) is 0 Å². The molecule has 5 nitrogen and oxygen atoms in total. The molecule has 0 aliphatic heterocycles. The van der Waals surface area contributed by atoms with E-state index in [1.54, 1.807) is 33.1 Å². The van der Waals surface area contributed by atoms with Gasteiger partial charge < -0.3 is 9.47 Å². The molecule has 0 aromatic heterocycles. The number of thioether (sulfide) groups is 1. The van der Waals surface area contributed by atoms with Gasteiger partial charge in [0.15, 0.2) is 0 Å². The lowest BCUT2D eigenvalue weighted by molar-refractivity contribution is -0.144. The van der Waals surface area contributed by atoms with Crippen molar-refractivity contribution in [1.82, 2.24) is 0 Å². The molecule has 0 aromatic carbocycles. The molecule has 0 aliphatic carbocycles. The van der Waals surface area contributed by atoms with E-state index in [2.05, 4.69) is 0 Å². The Morgan fingerprint density at radius 2 is 1.71 bits per heavy atom. The topological polar surface area (TPSA) is 76.4 Å². The number of nitrogens with zero attached hydrogens (tertiary/aromatic N) is 1. The second-order valence-electron chi connectivity index (χ2n) is 3.64. The average molecular weight is 257 g/mol. The summed E-state index contributed by atoms with van der Waals surface area (Å²) in [7, 11) is 0. The molecule has 0 amide bonds. The first-order chi connectivity index (χ1) is 7.86. The molecule has 0 spiro atoms. The van der Waals surface area contributed by atoms with Gasteiger partial charge in [0.2, 0.25) is 0 Å². The number of ether oxygens (including phenoxy) is 2. The van der Waals surface area contributed by atoms with Gasteiger partial charge in [-0.3, -0.25) is 0 Å². The summed E-state index contributed by atoms with van der Waals surface area (Å²) in [6, 6.07) is 0. The lowest BCUT2D eigenvalue weighted by Gasteiger charge is -2.09. The van der Waals surface area contributed by atoms with Crippen molar-refractivity contribution < 1.29 is 19.1 Å². The van der Waals surface area contributed by atoms with E-state index in [0.717, 1.165) is 6.08 Å². The van der Waals surface area contributed by atoms with Crippen LogP contribution in [-0.4, -0.2) is 24.1 Å². The van der Waals surface area contributed by atoms with Gasteiger partial charge in [0.25, 0.3) is 0 Å². The van der Waals surface area contributed by atoms with E-state index in [0.29, 0.717) is 11.8 Å². The third-order valence-corrected chi connectivity index (χ3v) is 1.90. The first-order valence-corrected chi connectivity index (χ1v) is 5.87. The van der Waals surface area contributed by atoms with E-state index in [4.69, 9.17) is 14.7 Å². The normalized spacial score (nSPS) is 11.2. The average Bonchev–Trinajstić information content (AvgIpc) is 2.14. The zero-order valence-corrected chi connectivity index (χ0v) is 11.0. The standard InChI is InChI=1S/C11H15NO4S/c1-7(2)15-10(13)5-9(17-6-12)11(14)16-8(3)4/h5,7-8H,1-4H3/b9-5-. The maximum Gasteiger partial charge on any atom is 0.346 e. The Balaban J connectivity index is 4.72. The number of hydrogen-bond acceptors (Lipinski definition) is 6. The van der Waals surface area contributed by atoms with Crippen LogP contribution < -0.4 is 0 Å². The lowest BCUT2D eigenvalue weighted by Crippen LogP contribution is -2.15. The van der Waals surface area contributed by atoms with Crippen LogP contribution >= 0.6 is 11.8 Å². The van der Waals surface area contributed by atoms with Crippen molar-refractivity contribution in [2.45, 2.75) is 39.9 Å². The first-order valence-electron chi connectivity index (χ1n) is 5.06. The van der Waals surface area contributed by atoms with Crippen LogP contribution in [0.25, 0.3) is 0 Å². The summed E-state index contributed by atoms with van der Waals surface area (Å²) in [6.07, 6.45) is 0.373. The van der Waals surface area contributed by atoms with Gasteiger partial charge in [0, 0.05) is 6.08 Å². The number of esters is 2. The summed E-state index contributed by atoms with van der Waals surface area (Å²) in [5.41, 5.74) is 0. The van der Waals surface area contributed by atoms with E-state index in [1.165, 1.54) is 0 Å². The van der Waals surface area contributed by atoms with Gasteiger partial charge >= 0.3 is 11.9 Å². The van der Waals surface area contributed by atoms with Gasteiger partial charge in [-0.05, 0) is 39.5 Å². The fourth-order valence-corrected chi connectivity index (χ4v) is 1.21. The number of thiocyanates is 1. The predicted molar refractivity (Wildman–Crippen MR) is 63.7 cm³/mol. The molecule has 0 fully saturated rings. The molecular weight excluding hydrogens is 242 g/mol. The molecule has 94 valence electrons. The van der Waals surface area contributed by atoms with Crippen molar-refractivity contribution in [3.05, 3.63) is 11.0 Å². The highest BCUT2D eigenvalue weighted by atomic mass is 32.2. The Hall–Kier alpha value is -1.48. The largest absolute Gasteiger partial charge is 0.460 e. The molecule has 0 radical (unpaired) electrons. The molecule has 6 heteroatoms. The van der Waals surface area contributed by atoms with Gasteiger partial charge in [-0.2, -0.15) is 5.26 Å². The Bertz CT molecular complexity index is 355. The summed E-state index contributed by atoms with van der Waals surface area (Å²) in [5, 5.41) is 10.2. The SMILES string of the molecule is CC(C)OC(=O)/C=C(\SC#N)C(=O)OC(C)C. The summed E-state index contributed by atoms with van der Waals surface area (Å²) < 4.78 is 9.72. The van der Waals surface area contributed by atoms with Crippen molar-refractivity contribution in [2.75, 3.05) is 0 Å². The van der Waals surface area contributed by atoms with Crippen LogP contribution in [0.4, 0.5) is 0 Å². The minimum Gasteiger partial charge on any atom is -0.460 e. The number of nitriles is 1. The van der Waals surface area contributed by atoms with Gasteiger partial charge in [0.1, 0.15) is 10.3 Å². The molecule has 0 aromatic rings. The molecule has 0 bridgehead atoms. The molecule has 0 atom stereocenters. The van der Waals surface area contributed by atoms with Gasteiger partial charge in [-0.25, -0.2) is 9.59 Å². The van der Waals surface area contributed by atoms with Crippen molar-refractivity contribution in [3.8, 4) is 5.40 Å². The minimum atomic E-state index is -0.702. The van der Waals surface area contributed by atoms with Crippen LogP contribution in [0.2, 0.25) is 0 Å². The molecule has 0 rings (SSSR count). The quantitative estimate of drug-likeness (QED) is 0.426. The first kappa shape index (κ1) is 15.5. The maximum atomic E-state index is 11.5. The summed E-state index contributed by atoms with van der Waals surface area (Å²) in [5.74, 6) is -1.37. The summed E-state index contributed by atoms with van der Waals surface area (Å²) >= 11 is 0.573. The fourth-order valence-electron chi connectivity index (χ4n) is 0.825.